The van der Waals surface area contributed by atoms with Crippen molar-refractivity contribution in [3.63, 3.8) is 0 Å². The van der Waals surface area contributed by atoms with E-state index in [-0.39, 0.29) is 16.5 Å². The van der Waals surface area contributed by atoms with Crippen molar-refractivity contribution in [2.75, 3.05) is 10.6 Å². The lowest BCUT2D eigenvalue weighted by molar-refractivity contribution is 0.101. The molecule has 0 atom stereocenters. The fourth-order valence-corrected chi connectivity index (χ4v) is 3.67. The van der Waals surface area contributed by atoms with Gasteiger partial charge in [-0.15, -0.1) is 0 Å². The lowest BCUT2D eigenvalue weighted by atomic mass is 10.1. The number of amides is 2. The summed E-state index contributed by atoms with van der Waals surface area (Å²) in [5.41, 5.74) is 3.82. The van der Waals surface area contributed by atoms with E-state index in [9.17, 15) is 9.59 Å². The number of benzene rings is 3. The number of pyridine rings is 1. The molecule has 3 aromatic carbocycles. The maximum absolute atomic E-state index is 12.9. The molecule has 2 amide bonds. The summed E-state index contributed by atoms with van der Waals surface area (Å²) in [5.74, 6) is -0.0195. The van der Waals surface area contributed by atoms with Gasteiger partial charge in [0.1, 0.15) is 11.3 Å². The van der Waals surface area contributed by atoms with Crippen LogP contribution in [0, 0.1) is 0 Å². The minimum atomic E-state index is -0.430. The Bertz CT molecular complexity index is 1500. The number of carbonyl (C=O) groups is 2. The number of aromatic amines is 1. The van der Waals surface area contributed by atoms with E-state index in [1.165, 1.54) is 6.07 Å². The Morgan fingerprint density at radius 3 is 2.26 bits per heavy atom. The molecule has 2 heterocycles. The van der Waals surface area contributed by atoms with Gasteiger partial charge in [-0.2, -0.15) is 0 Å². The molecule has 0 aliphatic heterocycles. The molecule has 0 spiro atoms. The zero-order chi connectivity index (χ0) is 23.5. The van der Waals surface area contributed by atoms with Crippen LogP contribution in [0.3, 0.4) is 0 Å². The average molecular weight is 468 g/mol. The minimum Gasteiger partial charge on any atom is -0.323 e. The van der Waals surface area contributed by atoms with Gasteiger partial charge in [-0.3, -0.25) is 9.59 Å². The summed E-state index contributed by atoms with van der Waals surface area (Å²) in [4.78, 5) is 37.5. The molecule has 5 aromatic rings. The topological polar surface area (TPSA) is 99.8 Å². The standard InChI is InChI=1S/C26H18ClN5O2/c27-21-12-11-18(29-25(33)17-9-5-2-6-10-17)13-20(21)26(34)30-19-14-22-24(28-15-19)32-23(31-22)16-7-3-1-4-8-16/h1-15H,(H,29,33)(H,30,34)(H,28,31,32). The van der Waals surface area contributed by atoms with E-state index in [0.717, 1.165) is 5.56 Å². The molecule has 0 fully saturated rings. The van der Waals surface area contributed by atoms with E-state index in [0.29, 0.717) is 33.9 Å². The second kappa shape index (κ2) is 9.17. The van der Waals surface area contributed by atoms with Crippen LogP contribution < -0.4 is 10.6 Å². The molecule has 5 rings (SSSR count). The summed E-state index contributed by atoms with van der Waals surface area (Å²) in [7, 11) is 0. The van der Waals surface area contributed by atoms with Crippen molar-refractivity contribution in [1.82, 2.24) is 15.0 Å². The number of fused-ring (bicyclic) bond motifs is 1. The van der Waals surface area contributed by atoms with Gasteiger partial charge >= 0.3 is 0 Å². The maximum atomic E-state index is 12.9. The number of imidazole rings is 1. The van der Waals surface area contributed by atoms with Crippen LogP contribution in [-0.4, -0.2) is 26.8 Å². The molecular formula is C26H18ClN5O2. The second-order valence-corrected chi connectivity index (χ2v) is 7.92. The molecule has 0 saturated carbocycles. The fourth-order valence-electron chi connectivity index (χ4n) is 3.46. The number of carbonyl (C=O) groups excluding carboxylic acids is 2. The Labute approximate surface area is 199 Å². The van der Waals surface area contributed by atoms with E-state index >= 15 is 0 Å². The predicted molar refractivity (Wildman–Crippen MR) is 133 cm³/mol. The summed E-state index contributed by atoms with van der Waals surface area (Å²) in [6, 6.07) is 25.0. The van der Waals surface area contributed by atoms with Crippen LogP contribution in [0.25, 0.3) is 22.6 Å². The number of hydrogen-bond donors (Lipinski definition) is 3. The van der Waals surface area contributed by atoms with Crippen molar-refractivity contribution in [1.29, 1.82) is 0 Å². The highest BCUT2D eigenvalue weighted by atomic mass is 35.5. The van der Waals surface area contributed by atoms with Gasteiger partial charge in [-0.25, -0.2) is 9.97 Å². The number of anilines is 2. The lowest BCUT2D eigenvalue weighted by Gasteiger charge is -2.10. The molecule has 0 unspecified atom stereocenters. The van der Waals surface area contributed by atoms with Gasteiger partial charge < -0.3 is 15.6 Å². The maximum Gasteiger partial charge on any atom is 0.257 e. The van der Waals surface area contributed by atoms with Crippen LogP contribution >= 0.6 is 11.6 Å². The third-order valence-corrected chi connectivity index (χ3v) is 5.48. The van der Waals surface area contributed by atoms with Crippen LogP contribution in [0.4, 0.5) is 11.4 Å². The summed E-state index contributed by atoms with van der Waals surface area (Å²) < 4.78 is 0. The van der Waals surface area contributed by atoms with Gasteiger partial charge in [0.05, 0.1) is 22.5 Å². The number of halogens is 1. The first-order valence-corrected chi connectivity index (χ1v) is 10.8. The van der Waals surface area contributed by atoms with Crippen LogP contribution in [0.15, 0.2) is 91.1 Å². The van der Waals surface area contributed by atoms with Crippen LogP contribution in [0.2, 0.25) is 5.02 Å². The summed E-state index contributed by atoms with van der Waals surface area (Å²) in [6.45, 7) is 0. The van der Waals surface area contributed by atoms with E-state index in [1.54, 1.807) is 48.7 Å². The molecular weight excluding hydrogens is 450 g/mol. The van der Waals surface area contributed by atoms with Gasteiger partial charge in [0.15, 0.2) is 5.65 Å². The van der Waals surface area contributed by atoms with Crippen molar-refractivity contribution < 1.29 is 9.59 Å². The first kappa shape index (κ1) is 21.4. The number of H-pyrrole nitrogens is 1. The average Bonchev–Trinajstić information content (AvgIpc) is 3.30. The van der Waals surface area contributed by atoms with Crippen molar-refractivity contribution in [2.45, 2.75) is 0 Å². The Morgan fingerprint density at radius 1 is 0.794 bits per heavy atom. The summed E-state index contributed by atoms with van der Waals surface area (Å²) in [5, 5.41) is 5.84. The molecule has 7 nitrogen and oxygen atoms in total. The first-order chi connectivity index (χ1) is 16.6. The summed E-state index contributed by atoms with van der Waals surface area (Å²) >= 11 is 6.27. The molecule has 0 aliphatic carbocycles. The quantitative estimate of drug-likeness (QED) is 0.305. The van der Waals surface area contributed by atoms with Crippen molar-refractivity contribution in [2.24, 2.45) is 0 Å². The minimum absolute atomic E-state index is 0.222. The normalized spacial score (nSPS) is 10.7. The molecule has 8 heteroatoms. The number of aromatic nitrogens is 3. The zero-order valence-corrected chi connectivity index (χ0v) is 18.5. The Hall–Kier alpha value is -4.49. The molecule has 2 aromatic heterocycles. The monoisotopic (exact) mass is 467 g/mol. The molecule has 34 heavy (non-hydrogen) atoms. The van der Waals surface area contributed by atoms with E-state index in [2.05, 4.69) is 25.6 Å². The van der Waals surface area contributed by atoms with Crippen LogP contribution in [0.1, 0.15) is 20.7 Å². The highest BCUT2D eigenvalue weighted by molar-refractivity contribution is 6.34. The molecule has 0 radical (unpaired) electrons. The third-order valence-electron chi connectivity index (χ3n) is 5.15. The second-order valence-electron chi connectivity index (χ2n) is 7.51. The SMILES string of the molecule is O=C(Nc1ccc(Cl)c(C(=O)Nc2cnc3[nH]c(-c4ccccc4)nc3c2)c1)c1ccccc1. The predicted octanol–water partition coefficient (Wildman–Crippen LogP) is 5.78. The molecule has 0 aliphatic rings. The van der Waals surface area contributed by atoms with E-state index in [1.807, 2.05) is 36.4 Å². The fraction of sp³-hybridized carbons (Fsp3) is 0. The van der Waals surface area contributed by atoms with Gasteiger partial charge in [0, 0.05) is 16.8 Å². The van der Waals surface area contributed by atoms with Gasteiger partial charge in [0.2, 0.25) is 0 Å². The Balaban J connectivity index is 1.35. The van der Waals surface area contributed by atoms with E-state index < -0.39 is 5.91 Å². The smallest absolute Gasteiger partial charge is 0.257 e. The van der Waals surface area contributed by atoms with Crippen LogP contribution in [0.5, 0.6) is 0 Å². The highest BCUT2D eigenvalue weighted by Crippen LogP contribution is 2.24. The van der Waals surface area contributed by atoms with Crippen molar-refractivity contribution in [3.8, 4) is 11.4 Å². The third kappa shape index (κ3) is 4.51. The Morgan fingerprint density at radius 2 is 1.50 bits per heavy atom. The van der Waals surface area contributed by atoms with Gasteiger partial charge in [-0.1, -0.05) is 60.1 Å². The lowest BCUT2D eigenvalue weighted by Crippen LogP contribution is -2.15. The number of rotatable bonds is 5. The van der Waals surface area contributed by atoms with Crippen molar-refractivity contribution >= 4 is 46.0 Å². The van der Waals surface area contributed by atoms with E-state index in [4.69, 9.17) is 11.6 Å². The first-order valence-electron chi connectivity index (χ1n) is 10.5. The molecule has 0 bridgehead atoms. The molecule has 166 valence electrons. The Kier molecular flexibility index (Phi) is 5.76. The largest absolute Gasteiger partial charge is 0.323 e. The molecule has 0 saturated heterocycles. The number of hydrogen-bond acceptors (Lipinski definition) is 4. The summed E-state index contributed by atoms with van der Waals surface area (Å²) in [6.07, 6.45) is 1.54. The highest BCUT2D eigenvalue weighted by Gasteiger charge is 2.15. The van der Waals surface area contributed by atoms with Gasteiger partial charge in [-0.05, 0) is 36.4 Å². The van der Waals surface area contributed by atoms with Crippen LogP contribution in [-0.2, 0) is 0 Å². The van der Waals surface area contributed by atoms with Gasteiger partial charge in [0.25, 0.3) is 11.8 Å². The zero-order valence-electron chi connectivity index (χ0n) is 17.7. The number of nitrogens with zero attached hydrogens (tertiary/aromatic N) is 2. The molecule has 3 N–H and O–H groups in total. The number of nitrogens with one attached hydrogen (secondary N) is 3. The van der Waals surface area contributed by atoms with Crippen molar-refractivity contribution in [3.05, 3.63) is 107 Å².